The number of hydrogen-bond acceptors (Lipinski definition) is 4. The SMILES string of the molecule is CNC(=O)C(CC1CCN(C(=O)Cc2ccc3[nH]c(=O)cc(C)c3c2)CC1)NC(=O)O. The van der Waals surface area contributed by atoms with Crippen molar-refractivity contribution in [1.82, 2.24) is 20.5 Å². The van der Waals surface area contributed by atoms with Crippen LogP contribution in [-0.2, 0) is 16.0 Å². The van der Waals surface area contributed by atoms with Gasteiger partial charge in [-0.2, -0.15) is 0 Å². The van der Waals surface area contributed by atoms with Crippen LogP contribution in [0.5, 0.6) is 0 Å². The number of aromatic nitrogens is 1. The molecule has 0 saturated carbocycles. The van der Waals surface area contributed by atoms with Gasteiger partial charge in [0.1, 0.15) is 6.04 Å². The first kappa shape index (κ1) is 22.3. The molecule has 0 radical (unpaired) electrons. The zero-order valence-corrected chi connectivity index (χ0v) is 17.7. The molecule has 166 valence electrons. The minimum absolute atomic E-state index is 0.0337. The molecule has 1 saturated heterocycles. The highest BCUT2D eigenvalue weighted by Gasteiger charge is 2.28. The lowest BCUT2D eigenvalue weighted by atomic mass is 9.89. The predicted octanol–water partition coefficient (Wildman–Crippen LogP) is 1.39. The fourth-order valence-corrected chi connectivity index (χ4v) is 4.17. The monoisotopic (exact) mass is 428 g/mol. The molecule has 1 atom stereocenters. The maximum atomic E-state index is 12.8. The van der Waals surface area contributed by atoms with Crippen LogP contribution in [0.1, 0.15) is 30.4 Å². The molecule has 0 aliphatic carbocycles. The molecule has 9 heteroatoms. The summed E-state index contributed by atoms with van der Waals surface area (Å²) in [5.74, 6) is -0.154. The third kappa shape index (κ3) is 5.62. The quantitative estimate of drug-likeness (QED) is 0.552. The molecule has 1 aromatic heterocycles. The van der Waals surface area contributed by atoms with Crippen molar-refractivity contribution in [3.8, 4) is 0 Å². The molecule has 1 aromatic carbocycles. The number of rotatable bonds is 6. The number of nitrogens with zero attached hydrogens (tertiary/aromatic N) is 1. The lowest BCUT2D eigenvalue weighted by molar-refractivity contribution is -0.132. The summed E-state index contributed by atoms with van der Waals surface area (Å²) >= 11 is 0. The number of likely N-dealkylation sites (tertiary alicyclic amines) is 1. The number of amides is 3. The van der Waals surface area contributed by atoms with E-state index in [-0.39, 0.29) is 29.7 Å². The molecule has 31 heavy (non-hydrogen) atoms. The summed E-state index contributed by atoms with van der Waals surface area (Å²) in [6, 6.07) is 6.38. The second-order valence-electron chi connectivity index (χ2n) is 8.05. The largest absolute Gasteiger partial charge is 0.465 e. The summed E-state index contributed by atoms with van der Waals surface area (Å²) in [7, 11) is 1.48. The van der Waals surface area contributed by atoms with E-state index < -0.39 is 12.1 Å². The number of aryl methyl sites for hydroxylation is 1. The van der Waals surface area contributed by atoms with Crippen LogP contribution in [-0.4, -0.2) is 59.1 Å². The summed E-state index contributed by atoms with van der Waals surface area (Å²) in [4.78, 5) is 51.9. The number of carbonyl (C=O) groups excluding carboxylic acids is 2. The minimum Gasteiger partial charge on any atom is -0.465 e. The highest BCUT2D eigenvalue weighted by Crippen LogP contribution is 2.23. The van der Waals surface area contributed by atoms with Crippen LogP contribution < -0.4 is 16.2 Å². The number of nitrogens with one attached hydrogen (secondary N) is 3. The maximum absolute atomic E-state index is 12.8. The molecule has 4 N–H and O–H groups in total. The number of carboxylic acid groups (broad SMARTS) is 1. The van der Waals surface area contributed by atoms with Crippen LogP contribution in [0.4, 0.5) is 4.79 Å². The molecule has 1 aliphatic heterocycles. The minimum atomic E-state index is -1.23. The van der Waals surface area contributed by atoms with Gasteiger partial charge < -0.3 is 25.6 Å². The van der Waals surface area contributed by atoms with Gasteiger partial charge in [0.05, 0.1) is 6.42 Å². The van der Waals surface area contributed by atoms with E-state index in [2.05, 4.69) is 15.6 Å². The standard InChI is InChI=1S/C22H28N4O5/c1-13-9-19(27)24-17-4-3-15(10-16(13)17)12-20(28)26-7-5-14(6-8-26)11-18(21(29)23-2)25-22(30)31/h3-4,9-10,14,18,25H,5-8,11-12H2,1-2H3,(H,23,29)(H,24,27)(H,30,31). The van der Waals surface area contributed by atoms with Gasteiger partial charge in [0, 0.05) is 37.1 Å². The molecule has 9 nitrogen and oxygen atoms in total. The molecule has 2 aromatic rings. The van der Waals surface area contributed by atoms with E-state index in [9.17, 15) is 19.2 Å². The first-order valence-corrected chi connectivity index (χ1v) is 10.4. The van der Waals surface area contributed by atoms with Crippen LogP contribution in [0.2, 0.25) is 0 Å². The smallest absolute Gasteiger partial charge is 0.405 e. The molecule has 3 amide bonds. The number of likely N-dealkylation sites (N-methyl/N-ethyl adjacent to an activating group) is 1. The normalized spacial score (nSPS) is 15.5. The Labute approximate surface area is 179 Å². The summed E-state index contributed by atoms with van der Waals surface area (Å²) < 4.78 is 0. The zero-order chi connectivity index (χ0) is 22.5. The van der Waals surface area contributed by atoms with Crippen molar-refractivity contribution in [1.29, 1.82) is 0 Å². The number of aromatic amines is 1. The van der Waals surface area contributed by atoms with Gasteiger partial charge in [-0.3, -0.25) is 14.4 Å². The average molecular weight is 428 g/mol. The number of pyridine rings is 1. The van der Waals surface area contributed by atoms with Gasteiger partial charge in [0.2, 0.25) is 17.4 Å². The van der Waals surface area contributed by atoms with E-state index in [1.165, 1.54) is 7.05 Å². The van der Waals surface area contributed by atoms with Crippen LogP contribution in [0.15, 0.2) is 29.1 Å². The van der Waals surface area contributed by atoms with E-state index in [4.69, 9.17) is 5.11 Å². The van der Waals surface area contributed by atoms with Gasteiger partial charge in [0.15, 0.2) is 0 Å². The van der Waals surface area contributed by atoms with Crippen molar-refractivity contribution >= 4 is 28.8 Å². The Morgan fingerprint density at radius 3 is 2.58 bits per heavy atom. The number of H-pyrrole nitrogens is 1. The van der Waals surface area contributed by atoms with Crippen LogP contribution in [0.3, 0.4) is 0 Å². The Kier molecular flexibility index (Phi) is 6.94. The number of benzene rings is 1. The summed E-state index contributed by atoms with van der Waals surface area (Å²) in [6.45, 7) is 3.03. The molecular formula is C22H28N4O5. The van der Waals surface area contributed by atoms with Gasteiger partial charge in [-0.1, -0.05) is 6.07 Å². The van der Waals surface area contributed by atoms with Crippen molar-refractivity contribution in [3.63, 3.8) is 0 Å². The predicted molar refractivity (Wildman–Crippen MR) is 116 cm³/mol. The van der Waals surface area contributed by atoms with Crippen LogP contribution in [0.25, 0.3) is 10.9 Å². The molecular weight excluding hydrogens is 400 g/mol. The fraction of sp³-hybridized carbons (Fsp3) is 0.455. The molecule has 0 spiro atoms. The van der Waals surface area contributed by atoms with Crippen molar-refractivity contribution in [2.75, 3.05) is 20.1 Å². The molecule has 2 heterocycles. The van der Waals surface area contributed by atoms with Gasteiger partial charge in [-0.05, 0) is 55.4 Å². The summed E-state index contributed by atoms with van der Waals surface area (Å²) in [5.41, 5.74) is 2.37. The summed E-state index contributed by atoms with van der Waals surface area (Å²) in [5, 5.41) is 14.6. The Bertz CT molecular complexity index is 1040. The van der Waals surface area contributed by atoms with Gasteiger partial charge in [-0.25, -0.2) is 4.79 Å². The Morgan fingerprint density at radius 1 is 1.23 bits per heavy atom. The third-order valence-electron chi connectivity index (χ3n) is 5.87. The number of hydrogen-bond donors (Lipinski definition) is 4. The van der Waals surface area contributed by atoms with Crippen molar-refractivity contribution in [3.05, 3.63) is 45.7 Å². The molecule has 1 fully saturated rings. The van der Waals surface area contributed by atoms with Gasteiger partial charge in [0.25, 0.3) is 0 Å². The topological polar surface area (TPSA) is 132 Å². The first-order chi connectivity index (χ1) is 14.8. The fourth-order valence-electron chi connectivity index (χ4n) is 4.17. The Balaban J connectivity index is 1.58. The highest BCUT2D eigenvalue weighted by molar-refractivity contribution is 5.86. The Morgan fingerprint density at radius 2 is 1.94 bits per heavy atom. The maximum Gasteiger partial charge on any atom is 0.405 e. The van der Waals surface area contributed by atoms with Crippen molar-refractivity contribution < 1.29 is 19.5 Å². The molecule has 1 aliphatic rings. The second-order valence-corrected chi connectivity index (χ2v) is 8.05. The lowest BCUT2D eigenvalue weighted by Crippen LogP contribution is -2.47. The third-order valence-corrected chi connectivity index (χ3v) is 5.87. The molecule has 0 bridgehead atoms. The zero-order valence-electron chi connectivity index (χ0n) is 17.7. The van der Waals surface area contributed by atoms with Gasteiger partial charge in [-0.15, -0.1) is 0 Å². The van der Waals surface area contributed by atoms with Crippen LogP contribution >= 0.6 is 0 Å². The number of piperidine rings is 1. The van der Waals surface area contributed by atoms with E-state index in [0.29, 0.717) is 19.5 Å². The molecule has 1 unspecified atom stereocenters. The first-order valence-electron chi connectivity index (χ1n) is 10.4. The van der Waals surface area contributed by atoms with Crippen molar-refractivity contribution in [2.45, 2.75) is 38.6 Å². The second kappa shape index (κ2) is 9.63. The van der Waals surface area contributed by atoms with E-state index in [1.54, 1.807) is 6.07 Å². The number of fused-ring (bicyclic) bond motifs is 1. The molecule has 3 rings (SSSR count). The van der Waals surface area contributed by atoms with E-state index in [1.807, 2.05) is 30.0 Å². The lowest BCUT2D eigenvalue weighted by Gasteiger charge is -2.33. The van der Waals surface area contributed by atoms with E-state index in [0.717, 1.165) is 34.9 Å². The Hall–Kier alpha value is -3.36. The highest BCUT2D eigenvalue weighted by atomic mass is 16.4. The van der Waals surface area contributed by atoms with Crippen LogP contribution in [0, 0.1) is 12.8 Å². The van der Waals surface area contributed by atoms with Crippen molar-refractivity contribution in [2.24, 2.45) is 5.92 Å². The van der Waals surface area contributed by atoms with Gasteiger partial charge >= 0.3 is 6.09 Å². The number of carbonyl (C=O) groups is 3. The average Bonchev–Trinajstić information content (AvgIpc) is 2.73. The van der Waals surface area contributed by atoms with E-state index >= 15 is 0 Å². The summed E-state index contributed by atoms with van der Waals surface area (Å²) in [6.07, 6.45) is 0.907.